The number of ketones is 1. The number of hydrogen-bond donors (Lipinski definition) is 0. The molecule has 4 heteroatoms. The van der Waals surface area contributed by atoms with E-state index in [9.17, 15) is 4.79 Å². The van der Waals surface area contributed by atoms with Crippen molar-refractivity contribution in [3.8, 4) is 6.07 Å². The lowest BCUT2D eigenvalue weighted by Crippen LogP contribution is -2.32. The maximum absolute atomic E-state index is 11.7. The molecule has 0 aromatic heterocycles. The molecule has 1 aliphatic rings. The first kappa shape index (κ1) is 10.6. The zero-order valence-electron chi connectivity index (χ0n) is 8.45. The van der Waals surface area contributed by atoms with E-state index in [4.69, 9.17) is 5.26 Å². The first-order chi connectivity index (χ1) is 6.64. The predicted octanol–water partition coefficient (Wildman–Crippen LogP) is 1.51. The minimum atomic E-state index is -0.916. The van der Waals surface area contributed by atoms with Gasteiger partial charge in [0.15, 0.2) is 5.78 Å². The number of Topliss-reactive ketones (excluding diaryl/α,β-unsaturated/α-hetero) is 1. The van der Waals surface area contributed by atoms with Crippen LogP contribution < -0.4 is 0 Å². The van der Waals surface area contributed by atoms with Gasteiger partial charge in [-0.25, -0.2) is 0 Å². The second-order valence-electron chi connectivity index (χ2n) is 3.26. The Hall–Kier alpha value is -1.50. The van der Waals surface area contributed by atoms with Crippen LogP contribution >= 0.6 is 0 Å². The second kappa shape index (κ2) is 4.14. The van der Waals surface area contributed by atoms with Gasteiger partial charge in [-0.15, -0.1) is 0 Å². The van der Waals surface area contributed by atoms with Crippen LogP contribution in [0.5, 0.6) is 0 Å². The van der Waals surface area contributed by atoms with Gasteiger partial charge in [0.1, 0.15) is 0 Å². The number of nitriles is 1. The average Bonchev–Trinajstić information content (AvgIpc) is 2.58. The van der Waals surface area contributed by atoms with E-state index in [0.29, 0.717) is 6.42 Å². The summed E-state index contributed by atoms with van der Waals surface area (Å²) in [5.74, 6) is -0.0605. The minimum Gasteiger partial charge on any atom is -0.295 e. The standard InChI is InChI=1S/C10H13N3O/c1-3-10(9(14)5-4-6-11)12-7-8(2)13-10/h7H,3-5H2,1-2H3. The van der Waals surface area contributed by atoms with Crippen LogP contribution in [0.3, 0.4) is 0 Å². The van der Waals surface area contributed by atoms with Crippen LogP contribution in [0.25, 0.3) is 0 Å². The summed E-state index contributed by atoms with van der Waals surface area (Å²) in [6, 6.07) is 1.95. The number of aliphatic imine (C=N–C) groups is 2. The van der Waals surface area contributed by atoms with Crippen molar-refractivity contribution in [3.05, 3.63) is 0 Å². The van der Waals surface area contributed by atoms with Crippen LogP contribution in [0.1, 0.15) is 33.1 Å². The molecule has 0 aromatic carbocycles. The Morgan fingerprint density at radius 3 is 2.86 bits per heavy atom. The Morgan fingerprint density at radius 1 is 1.71 bits per heavy atom. The molecule has 0 spiro atoms. The summed E-state index contributed by atoms with van der Waals surface area (Å²) >= 11 is 0. The Bertz CT molecular complexity index is 338. The Labute approximate surface area is 83.4 Å². The highest BCUT2D eigenvalue weighted by Gasteiger charge is 2.36. The van der Waals surface area contributed by atoms with Gasteiger partial charge in [0.25, 0.3) is 0 Å². The van der Waals surface area contributed by atoms with Crippen LogP contribution in [0.4, 0.5) is 0 Å². The fraction of sp³-hybridized carbons (Fsp3) is 0.600. The monoisotopic (exact) mass is 191 g/mol. The third-order valence-corrected chi connectivity index (χ3v) is 2.23. The Morgan fingerprint density at radius 2 is 2.43 bits per heavy atom. The van der Waals surface area contributed by atoms with Crippen molar-refractivity contribution in [2.45, 2.75) is 38.8 Å². The predicted molar refractivity (Wildman–Crippen MR) is 54.5 cm³/mol. The molecular weight excluding hydrogens is 178 g/mol. The number of rotatable bonds is 4. The summed E-state index contributed by atoms with van der Waals surface area (Å²) in [7, 11) is 0. The lowest BCUT2D eigenvalue weighted by atomic mass is 9.99. The van der Waals surface area contributed by atoms with Crippen LogP contribution in [-0.2, 0) is 4.79 Å². The molecule has 14 heavy (non-hydrogen) atoms. The lowest BCUT2D eigenvalue weighted by Gasteiger charge is -2.18. The minimum absolute atomic E-state index is 0.0605. The molecule has 0 aliphatic carbocycles. The molecule has 1 unspecified atom stereocenters. The van der Waals surface area contributed by atoms with Crippen molar-refractivity contribution >= 4 is 17.7 Å². The topological polar surface area (TPSA) is 65.6 Å². The van der Waals surface area contributed by atoms with E-state index in [0.717, 1.165) is 5.71 Å². The zero-order valence-corrected chi connectivity index (χ0v) is 8.45. The van der Waals surface area contributed by atoms with Gasteiger partial charge < -0.3 is 0 Å². The summed E-state index contributed by atoms with van der Waals surface area (Å²) in [5, 5.41) is 8.39. The van der Waals surface area contributed by atoms with Crippen LogP contribution in [-0.4, -0.2) is 23.4 Å². The van der Waals surface area contributed by atoms with E-state index in [1.54, 1.807) is 6.21 Å². The summed E-state index contributed by atoms with van der Waals surface area (Å²) in [4.78, 5) is 20.1. The van der Waals surface area contributed by atoms with Gasteiger partial charge in [-0.05, 0) is 13.3 Å². The van der Waals surface area contributed by atoms with Crippen molar-refractivity contribution in [2.24, 2.45) is 9.98 Å². The van der Waals surface area contributed by atoms with Gasteiger partial charge in [0, 0.05) is 19.1 Å². The summed E-state index contributed by atoms with van der Waals surface area (Å²) in [5.41, 5.74) is -0.141. The molecule has 74 valence electrons. The summed E-state index contributed by atoms with van der Waals surface area (Å²) in [6.45, 7) is 3.70. The van der Waals surface area contributed by atoms with E-state index in [2.05, 4.69) is 9.98 Å². The maximum atomic E-state index is 11.7. The number of nitrogens with zero attached hydrogens (tertiary/aromatic N) is 3. The molecular formula is C10H13N3O. The van der Waals surface area contributed by atoms with Crippen molar-refractivity contribution in [1.29, 1.82) is 5.26 Å². The highest BCUT2D eigenvalue weighted by molar-refractivity contribution is 6.32. The fourth-order valence-electron chi connectivity index (χ4n) is 1.42. The third-order valence-electron chi connectivity index (χ3n) is 2.23. The maximum Gasteiger partial charge on any atom is 0.208 e. The molecule has 1 rings (SSSR count). The Kier molecular flexibility index (Phi) is 3.13. The van der Waals surface area contributed by atoms with Gasteiger partial charge in [-0.1, -0.05) is 6.92 Å². The highest BCUT2D eigenvalue weighted by atomic mass is 16.1. The molecule has 0 saturated carbocycles. The van der Waals surface area contributed by atoms with Gasteiger partial charge in [0.05, 0.1) is 11.8 Å². The fourth-order valence-corrected chi connectivity index (χ4v) is 1.42. The smallest absolute Gasteiger partial charge is 0.208 e. The molecule has 0 radical (unpaired) electrons. The molecule has 1 aliphatic heterocycles. The number of carbonyl (C=O) groups is 1. The van der Waals surface area contributed by atoms with E-state index in [1.807, 2.05) is 19.9 Å². The molecule has 0 saturated heterocycles. The van der Waals surface area contributed by atoms with Crippen molar-refractivity contribution < 1.29 is 4.79 Å². The van der Waals surface area contributed by atoms with Crippen LogP contribution in [0, 0.1) is 11.3 Å². The summed E-state index contributed by atoms with van der Waals surface area (Å²) < 4.78 is 0. The molecule has 4 nitrogen and oxygen atoms in total. The third kappa shape index (κ3) is 1.87. The van der Waals surface area contributed by atoms with Gasteiger partial charge in [-0.3, -0.25) is 14.8 Å². The molecule has 0 N–H and O–H groups in total. The molecule has 1 atom stereocenters. The van der Waals surface area contributed by atoms with Gasteiger partial charge in [-0.2, -0.15) is 5.26 Å². The second-order valence-corrected chi connectivity index (χ2v) is 3.26. The van der Waals surface area contributed by atoms with Crippen LogP contribution in [0.15, 0.2) is 9.98 Å². The molecule has 0 aromatic rings. The van der Waals surface area contributed by atoms with Gasteiger partial charge in [0.2, 0.25) is 5.66 Å². The lowest BCUT2D eigenvalue weighted by molar-refractivity contribution is -0.123. The Balaban J connectivity index is 2.78. The normalized spacial score (nSPS) is 24.5. The molecule has 0 amide bonds. The highest BCUT2D eigenvalue weighted by Crippen LogP contribution is 2.24. The average molecular weight is 191 g/mol. The van der Waals surface area contributed by atoms with Crippen molar-refractivity contribution in [1.82, 2.24) is 0 Å². The van der Waals surface area contributed by atoms with Gasteiger partial charge >= 0.3 is 0 Å². The molecule has 0 fully saturated rings. The van der Waals surface area contributed by atoms with Crippen LogP contribution in [0.2, 0.25) is 0 Å². The first-order valence-electron chi connectivity index (χ1n) is 4.66. The SMILES string of the molecule is CCC1(C(=O)CCC#N)N=CC(C)=N1. The summed E-state index contributed by atoms with van der Waals surface area (Å²) in [6.07, 6.45) is 2.65. The number of hydrogen-bond acceptors (Lipinski definition) is 4. The zero-order chi connectivity index (χ0) is 10.6. The van der Waals surface area contributed by atoms with Crippen molar-refractivity contribution in [2.75, 3.05) is 0 Å². The van der Waals surface area contributed by atoms with E-state index >= 15 is 0 Å². The quantitative estimate of drug-likeness (QED) is 0.676. The largest absolute Gasteiger partial charge is 0.295 e. The molecule has 1 heterocycles. The first-order valence-corrected chi connectivity index (χ1v) is 4.66. The van der Waals surface area contributed by atoms with E-state index in [-0.39, 0.29) is 18.6 Å². The van der Waals surface area contributed by atoms with E-state index in [1.165, 1.54) is 0 Å². The molecule has 0 bridgehead atoms. The van der Waals surface area contributed by atoms with E-state index < -0.39 is 5.66 Å². The van der Waals surface area contributed by atoms with Crippen molar-refractivity contribution in [3.63, 3.8) is 0 Å². The number of carbonyl (C=O) groups excluding carboxylic acids is 1.